The molecule has 0 bridgehead atoms. The molecule has 0 aromatic heterocycles. The van der Waals surface area contributed by atoms with E-state index in [9.17, 15) is 14.5 Å². The molecule has 0 saturated heterocycles. The molecule has 0 saturated carbocycles. The van der Waals surface area contributed by atoms with Crippen LogP contribution < -0.4 is 4.74 Å². The van der Waals surface area contributed by atoms with E-state index in [0.29, 0.717) is 5.75 Å². The number of rotatable bonds is 5. The van der Waals surface area contributed by atoms with Crippen LogP contribution in [0.1, 0.15) is 52.2 Å². The van der Waals surface area contributed by atoms with Crippen LogP contribution in [0.2, 0.25) is 0 Å². The highest BCUT2D eigenvalue weighted by molar-refractivity contribution is 5.72. The Kier molecular flexibility index (Phi) is 5.50. The molecule has 0 amide bonds. The SMILES string of the molecule is CCc1ccc(Oc2ccc([N+](=O)[O-])cc2F)cc1C1=CC(C)(C)OC(C)(C)C1. The summed E-state index contributed by atoms with van der Waals surface area (Å²) in [5, 5.41) is 10.8. The number of ether oxygens (including phenoxy) is 2. The number of hydrogen-bond acceptors (Lipinski definition) is 4. The highest BCUT2D eigenvalue weighted by atomic mass is 19.1. The summed E-state index contributed by atoms with van der Waals surface area (Å²) in [5.74, 6) is -0.340. The van der Waals surface area contributed by atoms with Crippen molar-refractivity contribution in [2.75, 3.05) is 0 Å². The number of aryl methyl sites for hydroxylation is 1. The van der Waals surface area contributed by atoms with Crippen LogP contribution in [-0.4, -0.2) is 16.1 Å². The Balaban J connectivity index is 1.98. The summed E-state index contributed by atoms with van der Waals surface area (Å²) in [7, 11) is 0. The zero-order valence-corrected chi connectivity index (χ0v) is 17.4. The first kappa shape index (κ1) is 21.0. The van der Waals surface area contributed by atoms with E-state index in [4.69, 9.17) is 9.47 Å². The van der Waals surface area contributed by atoms with E-state index in [1.165, 1.54) is 17.7 Å². The molecule has 0 aliphatic carbocycles. The Morgan fingerprint density at radius 2 is 1.90 bits per heavy atom. The molecular weight excluding hydrogens is 373 g/mol. The molecule has 0 N–H and O–H groups in total. The van der Waals surface area contributed by atoms with E-state index in [2.05, 4.69) is 26.8 Å². The average Bonchev–Trinajstić information content (AvgIpc) is 2.60. The minimum Gasteiger partial charge on any atom is -0.454 e. The van der Waals surface area contributed by atoms with Crippen LogP contribution in [0.3, 0.4) is 0 Å². The third-order valence-electron chi connectivity index (χ3n) is 4.84. The lowest BCUT2D eigenvalue weighted by atomic mass is 9.84. The molecule has 2 aromatic rings. The fourth-order valence-corrected chi connectivity index (χ4v) is 3.92. The molecule has 154 valence electrons. The van der Waals surface area contributed by atoms with Crippen molar-refractivity contribution in [2.45, 2.75) is 58.7 Å². The molecule has 6 heteroatoms. The van der Waals surface area contributed by atoms with Crippen molar-refractivity contribution in [2.24, 2.45) is 0 Å². The predicted octanol–water partition coefficient (Wildman–Crippen LogP) is 6.45. The maximum atomic E-state index is 14.2. The van der Waals surface area contributed by atoms with Gasteiger partial charge >= 0.3 is 0 Å². The number of halogens is 1. The molecule has 2 aromatic carbocycles. The second-order valence-electron chi connectivity index (χ2n) is 8.46. The second kappa shape index (κ2) is 7.59. The van der Waals surface area contributed by atoms with Crippen molar-refractivity contribution in [1.82, 2.24) is 0 Å². The molecular formula is C23H26FNO4. The second-order valence-corrected chi connectivity index (χ2v) is 8.46. The summed E-state index contributed by atoms with van der Waals surface area (Å²) in [6.45, 7) is 10.3. The van der Waals surface area contributed by atoms with Crippen LogP contribution in [-0.2, 0) is 11.2 Å². The van der Waals surface area contributed by atoms with Gasteiger partial charge in [0.05, 0.1) is 22.2 Å². The minimum absolute atomic E-state index is 0.0487. The number of nitro benzene ring substituents is 1. The molecule has 0 unspecified atom stereocenters. The summed E-state index contributed by atoms with van der Waals surface area (Å²) < 4.78 is 26.1. The van der Waals surface area contributed by atoms with Crippen LogP contribution in [0.15, 0.2) is 42.5 Å². The number of nitrogens with zero attached hydrogens (tertiary/aromatic N) is 1. The Hall–Kier alpha value is -2.73. The van der Waals surface area contributed by atoms with E-state index in [1.54, 1.807) is 6.07 Å². The van der Waals surface area contributed by atoms with Gasteiger partial charge in [-0.15, -0.1) is 0 Å². The third kappa shape index (κ3) is 4.82. The van der Waals surface area contributed by atoms with Crippen molar-refractivity contribution in [3.05, 3.63) is 69.5 Å². The van der Waals surface area contributed by atoms with Gasteiger partial charge in [-0.2, -0.15) is 0 Å². The highest BCUT2D eigenvalue weighted by Crippen LogP contribution is 2.40. The van der Waals surface area contributed by atoms with Crippen molar-refractivity contribution >= 4 is 11.3 Å². The smallest absolute Gasteiger partial charge is 0.272 e. The lowest BCUT2D eigenvalue weighted by Gasteiger charge is -2.40. The van der Waals surface area contributed by atoms with Gasteiger partial charge in [0.2, 0.25) is 0 Å². The fourth-order valence-electron chi connectivity index (χ4n) is 3.92. The van der Waals surface area contributed by atoms with E-state index >= 15 is 0 Å². The van der Waals surface area contributed by atoms with Gasteiger partial charge in [0, 0.05) is 12.5 Å². The Morgan fingerprint density at radius 3 is 2.48 bits per heavy atom. The van der Waals surface area contributed by atoms with E-state index in [0.717, 1.165) is 30.0 Å². The largest absolute Gasteiger partial charge is 0.454 e. The van der Waals surface area contributed by atoms with Gasteiger partial charge in [-0.25, -0.2) is 4.39 Å². The zero-order chi connectivity index (χ0) is 21.4. The maximum absolute atomic E-state index is 14.2. The van der Waals surface area contributed by atoms with E-state index in [1.807, 2.05) is 26.0 Å². The number of hydrogen-bond donors (Lipinski definition) is 0. The molecule has 0 atom stereocenters. The molecule has 0 spiro atoms. The Morgan fingerprint density at radius 1 is 1.17 bits per heavy atom. The van der Waals surface area contributed by atoms with Crippen molar-refractivity contribution < 1.29 is 18.8 Å². The summed E-state index contributed by atoms with van der Waals surface area (Å²) in [6.07, 6.45) is 3.72. The van der Waals surface area contributed by atoms with Crippen molar-refractivity contribution in [3.63, 3.8) is 0 Å². The summed E-state index contributed by atoms with van der Waals surface area (Å²) in [5.41, 5.74) is 2.37. The van der Waals surface area contributed by atoms with Gasteiger partial charge in [0.15, 0.2) is 11.6 Å². The molecule has 0 fully saturated rings. The lowest BCUT2D eigenvalue weighted by molar-refractivity contribution is -0.385. The van der Waals surface area contributed by atoms with E-state index in [-0.39, 0.29) is 17.0 Å². The monoisotopic (exact) mass is 399 g/mol. The zero-order valence-electron chi connectivity index (χ0n) is 17.4. The van der Waals surface area contributed by atoms with E-state index < -0.39 is 16.3 Å². The fraction of sp³-hybridized carbons (Fsp3) is 0.391. The molecule has 29 heavy (non-hydrogen) atoms. The number of nitro groups is 1. The number of benzene rings is 2. The van der Waals surface area contributed by atoms with Crippen molar-refractivity contribution in [1.29, 1.82) is 0 Å². The maximum Gasteiger partial charge on any atom is 0.272 e. The van der Waals surface area contributed by atoms with Gasteiger partial charge in [0.1, 0.15) is 5.75 Å². The van der Waals surface area contributed by atoms with Gasteiger partial charge in [-0.05, 0) is 75.1 Å². The Labute approximate surface area is 170 Å². The van der Waals surface area contributed by atoms with Crippen LogP contribution in [0, 0.1) is 15.9 Å². The van der Waals surface area contributed by atoms with Gasteiger partial charge in [0.25, 0.3) is 5.69 Å². The van der Waals surface area contributed by atoms with Gasteiger partial charge in [-0.1, -0.05) is 13.0 Å². The molecule has 1 aliphatic heterocycles. The standard InChI is InChI=1S/C23H26FNO4/c1-6-15-7-9-18(28-21-10-8-17(25(26)27)11-20(21)24)12-19(15)16-13-22(2,3)29-23(4,5)14-16/h7-13H,6,14H2,1-5H3. The van der Waals surface area contributed by atoms with Crippen molar-refractivity contribution in [3.8, 4) is 11.5 Å². The first-order valence-corrected chi connectivity index (χ1v) is 9.67. The number of non-ortho nitro benzene ring substituents is 1. The summed E-state index contributed by atoms with van der Waals surface area (Å²) in [6, 6.07) is 9.04. The molecule has 1 aliphatic rings. The van der Waals surface area contributed by atoms with Gasteiger partial charge < -0.3 is 9.47 Å². The van der Waals surface area contributed by atoms with Gasteiger partial charge in [-0.3, -0.25) is 10.1 Å². The normalized spacial score (nSPS) is 17.5. The van der Waals surface area contributed by atoms with Crippen LogP contribution in [0.4, 0.5) is 10.1 Å². The third-order valence-corrected chi connectivity index (χ3v) is 4.84. The first-order chi connectivity index (χ1) is 13.5. The topological polar surface area (TPSA) is 61.6 Å². The molecule has 1 heterocycles. The molecule has 3 rings (SSSR count). The van der Waals surface area contributed by atoms with Crippen LogP contribution in [0.25, 0.3) is 5.57 Å². The molecule has 0 radical (unpaired) electrons. The summed E-state index contributed by atoms with van der Waals surface area (Å²) in [4.78, 5) is 10.2. The summed E-state index contributed by atoms with van der Waals surface area (Å²) >= 11 is 0. The molecule has 5 nitrogen and oxygen atoms in total. The average molecular weight is 399 g/mol. The Bertz CT molecular complexity index is 979. The van der Waals surface area contributed by atoms with Crippen LogP contribution in [0.5, 0.6) is 11.5 Å². The highest BCUT2D eigenvalue weighted by Gasteiger charge is 2.34. The van der Waals surface area contributed by atoms with Crippen LogP contribution >= 0.6 is 0 Å². The predicted molar refractivity (Wildman–Crippen MR) is 111 cm³/mol. The first-order valence-electron chi connectivity index (χ1n) is 9.67. The quantitative estimate of drug-likeness (QED) is 0.428. The minimum atomic E-state index is -0.770. The lowest BCUT2D eigenvalue weighted by Crippen LogP contribution is -2.39.